The molecule has 0 heterocycles. The zero-order valence-corrected chi connectivity index (χ0v) is 5.71. The summed E-state index contributed by atoms with van der Waals surface area (Å²) >= 11 is 0. The summed E-state index contributed by atoms with van der Waals surface area (Å²) in [4.78, 5) is 0. The fourth-order valence-corrected chi connectivity index (χ4v) is 0. The molecule has 0 bridgehead atoms. The molecule has 0 amide bonds. The van der Waals surface area contributed by atoms with Crippen molar-refractivity contribution in [2.45, 2.75) is 0 Å². The summed E-state index contributed by atoms with van der Waals surface area (Å²) in [6, 6.07) is 0. The Hall–Kier alpha value is 1.02. The molecule has 0 saturated carbocycles. The van der Waals surface area contributed by atoms with Crippen LogP contribution in [0, 0.1) is 0 Å². The molecule has 0 aromatic carbocycles. The molecular formula is H2FLiO3SV. The van der Waals surface area contributed by atoms with Gasteiger partial charge in [-0.3, -0.25) is 4.55 Å². The first-order chi connectivity index (χ1) is 2.00. The molecule has 0 spiro atoms. The van der Waals surface area contributed by atoms with Crippen molar-refractivity contribution in [1.29, 1.82) is 0 Å². The second-order valence-electron chi connectivity index (χ2n) is 0.412. The van der Waals surface area contributed by atoms with E-state index >= 15 is 0 Å². The van der Waals surface area contributed by atoms with Gasteiger partial charge in [-0.15, -0.1) is 0 Å². The van der Waals surface area contributed by atoms with E-state index in [2.05, 4.69) is 0 Å². The molecule has 39 valence electrons. The number of hydrogen-bond acceptors (Lipinski definition) is 2. The summed E-state index contributed by atoms with van der Waals surface area (Å²) in [6.45, 7) is 0. The van der Waals surface area contributed by atoms with Crippen LogP contribution in [-0.2, 0) is 29.1 Å². The zero-order chi connectivity index (χ0) is 4.50. The van der Waals surface area contributed by atoms with Crippen molar-refractivity contribution in [3.8, 4) is 0 Å². The van der Waals surface area contributed by atoms with Gasteiger partial charge in [-0.2, -0.15) is 8.42 Å². The fourth-order valence-electron chi connectivity index (χ4n) is 0. The van der Waals surface area contributed by atoms with Crippen molar-refractivity contribution >= 4 is 10.5 Å². The van der Waals surface area contributed by atoms with E-state index in [4.69, 9.17) is 13.0 Å². The topological polar surface area (TPSA) is 54.4 Å². The molecule has 0 aliphatic heterocycles. The standard InChI is InChI=1S/FHO3S.Li.V.H/c1-5(2,3)4;;;/h(H,2,3,4);;;/q;+1;;-1. The van der Waals surface area contributed by atoms with Gasteiger partial charge in [0, 0.05) is 18.6 Å². The van der Waals surface area contributed by atoms with Crippen LogP contribution in [0.1, 0.15) is 1.43 Å². The van der Waals surface area contributed by atoms with Crippen LogP contribution < -0.4 is 18.9 Å². The van der Waals surface area contributed by atoms with Crippen molar-refractivity contribution in [2.24, 2.45) is 0 Å². The summed E-state index contributed by atoms with van der Waals surface area (Å²) in [5.74, 6) is 0. The van der Waals surface area contributed by atoms with E-state index < -0.39 is 10.5 Å². The smallest absolute Gasteiger partial charge is 1.00 e. The number of rotatable bonds is 0. The van der Waals surface area contributed by atoms with Gasteiger partial charge in [0.25, 0.3) is 0 Å². The van der Waals surface area contributed by atoms with Gasteiger partial charge < -0.3 is 1.43 Å². The molecule has 3 nitrogen and oxygen atoms in total. The van der Waals surface area contributed by atoms with E-state index in [1.54, 1.807) is 0 Å². The Labute approximate surface area is 66.3 Å². The molecule has 1 N–H and O–H groups in total. The van der Waals surface area contributed by atoms with E-state index in [0.29, 0.717) is 0 Å². The predicted octanol–water partition coefficient (Wildman–Crippen LogP) is -3.13. The third kappa shape index (κ3) is 170. The van der Waals surface area contributed by atoms with Gasteiger partial charge in [0.1, 0.15) is 0 Å². The van der Waals surface area contributed by atoms with Gasteiger partial charge in [-0.1, -0.05) is 3.89 Å². The van der Waals surface area contributed by atoms with Gasteiger partial charge in [-0.05, 0) is 0 Å². The van der Waals surface area contributed by atoms with E-state index in [9.17, 15) is 3.89 Å². The maximum atomic E-state index is 10.2. The van der Waals surface area contributed by atoms with Gasteiger partial charge in [0.15, 0.2) is 0 Å². The molecule has 0 atom stereocenters. The van der Waals surface area contributed by atoms with Crippen LogP contribution in [0.15, 0.2) is 0 Å². The molecule has 0 rings (SSSR count). The second-order valence-corrected chi connectivity index (χ2v) is 1.24. The van der Waals surface area contributed by atoms with Gasteiger partial charge in [-0.25, -0.2) is 0 Å². The molecule has 7 heteroatoms. The minimum atomic E-state index is -5.17. The number of halogens is 1. The average molecular weight is 159 g/mol. The van der Waals surface area contributed by atoms with E-state index in [1.165, 1.54) is 0 Å². The summed E-state index contributed by atoms with van der Waals surface area (Å²) < 4.78 is 34.1. The SMILES string of the molecule is O=S(=O)(O)F.[H-].[Li+].[V]. The fraction of sp³-hybridized carbons (Fsp3) is 0. The Kier molecular flexibility index (Phi) is 11.6. The third-order valence-electron chi connectivity index (χ3n) is 0. The summed E-state index contributed by atoms with van der Waals surface area (Å²) in [6.07, 6.45) is 0. The molecule has 0 aromatic heterocycles. The summed E-state index contributed by atoms with van der Waals surface area (Å²) in [5.41, 5.74) is 0. The molecule has 0 aromatic rings. The van der Waals surface area contributed by atoms with Gasteiger partial charge in [0.05, 0.1) is 0 Å². The Morgan fingerprint density at radius 1 is 1.57 bits per heavy atom. The van der Waals surface area contributed by atoms with Crippen LogP contribution in [0.4, 0.5) is 3.89 Å². The molecule has 7 heavy (non-hydrogen) atoms. The van der Waals surface area contributed by atoms with Crippen molar-refractivity contribution in [3.05, 3.63) is 0 Å². The van der Waals surface area contributed by atoms with E-state index in [-0.39, 0.29) is 38.8 Å². The third-order valence-corrected chi connectivity index (χ3v) is 0. The minimum absolute atomic E-state index is 0. The Morgan fingerprint density at radius 2 is 1.57 bits per heavy atom. The maximum absolute atomic E-state index is 10.2. The van der Waals surface area contributed by atoms with Crippen LogP contribution in [0.3, 0.4) is 0 Å². The maximum Gasteiger partial charge on any atom is 1.00 e. The van der Waals surface area contributed by atoms with Crippen molar-refractivity contribution < 1.29 is 55.7 Å². The van der Waals surface area contributed by atoms with E-state index in [1.807, 2.05) is 0 Å². The molecule has 0 fully saturated rings. The Bertz CT molecular complexity index is 102. The number of hydrogen-bond donors (Lipinski definition) is 1. The van der Waals surface area contributed by atoms with Crippen molar-refractivity contribution in [2.75, 3.05) is 0 Å². The molecule has 0 aliphatic rings. The van der Waals surface area contributed by atoms with Crippen LogP contribution in [0.2, 0.25) is 0 Å². The first kappa shape index (κ1) is 15.7. The molecule has 0 saturated heterocycles. The molecule has 0 unspecified atom stereocenters. The summed E-state index contributed by atoms with van der Waals surface area (Å²) in [5, 5.41) is 0. The summed E-state index contributed by atoms with van der Waals surface area (Å²) in [7, 11) is -5.17. The molecule has 1 radical (unpaired) electrons. The Morgan fingerprint density at radius 3 is 1.57 bits per heavy atom. The normalized spacial score (nSPS) is 8.29. The minimum Gasteiger partial charge on any atom is -1.00 e. The second kappa shape index (κ2) is 5.16. The van der Waals surface area contributed by atoms with Crippen molar-refractivity contribution in [3.63, 3.8) is 0 Å². The predicted molar refractivity (Wildman–Crippen MR) is 13.8 cm³/mol. The molecule has 0 aliphatic carbocycles. The largest absolute Gasteiger partial charge is 1.00 e. The van der Waals surface area contributed by atoms with E-state index in [0.717, 1.165) is 0 Å². The Balaban J connectivity index is -0.0000000267. The zero-order valence-electron chi connectivity index (χ0n) is 4.50. The van der Waals surface area contributed by atoms with Crippen LogP contribution in [-0.4, -0.2) is 13.0 Å². The van der Waals surface area contributed by atoms with Gasteiger partial charge >= 0.3 is 29.4 Å². The van der Waals surface area contributed by atoms with Crippen LogP contribution >= 0.6 is 0 Å². The molecular weight excluding hydrogens is 157 g/mol. The van der Waals surface area contributed by atoms with Crippen molar-refractivity contribution in [1.82, 2.24) is 0 Å². The first-order valence-electron chi connectivity index (χ1n) is 0.670. The van der Waals surface area contributed by atoms with Crippen LogP contribution in [0.25, 0.3) is 0 Å². The quantitative estimate of drug-likeness (QED) is 0.231. The van der Waals surface area contributed by atoms with Crippen LogP contribution in [0.5, 0.6) is 0 Å². The average Bonchev–Trinajstić information content (AvgIpc) is 0.722. The monoisotopic (exact) mass is 159 g/mol. The first-order valence-corrected chi connectivity index (χ1v) is 2.01. The van der Waals surface area contributed by atoms with Gasteiger partial charge in [0.2, 0.25) is 0 Å².